The molecule has 39 heavy (non-hydrogen) atoms. The molecule has 0 aromatic rings. The molecule has 1 saturated heterocycles. The molecule has 8 atom stereocenters. The van der Waals surface area contributed by atoms with E-state index in [1.165, 1.54) is 0 Å². The maximum absolute atomic E-state index is 13.5. The van der Waals surface area contributed by atoms with Crippen molar-refractivity contribution in [1.82, 2.24) is 0 Å². The molecular formula is C30H42O9. The molecule has 4 unspecified atom stereocenters. The summed E-state index contributed by atoms with van der Waals surface area (Å²) in [5.41, 5.74) is -3.28. The topological polar surface area (TPSA) is 136 Å². The maximum Gasteiger partial charge on any atom is 0.333 e. The van der Waals surface area contributed by atoms with Gasteiger partial charge in [-0.3, -0.25) is 14.4 Å². The normalized spacial score (nSPS) is 36.6. The fourth-order valence-electron chi connectivity index (χ4n) is 6.34. The van der Waals surface area contributed by atoms with Crippen LogP contribution in [-0.4, -0.2) is 64.4 Å². The van der Waals surface area contributed by atoms with E-state index in [1.54, 1.807) is 40.7 Å². The molecular weight excluding hydrogens is 504 g/mol. The molecule has 2 aliphatic carbocycles. The molecule has 2 saturated carbocycles. The minimum atomic E-state index is -1.85. The van der Waals surface area contributed by atoms with E-state index in [4.69, 9.17) is 14.2 Å². The van der Waals surface area contributed by atoms with E-state index < -0.39 is 77.4 Å². The number of allylic oxidation sites excluding steroid dienone is 1. The molecule has 1 aliphatic heterocycles. The lowest BCUT2D eigenvalue weighted by atomic mass is 9.45. The number of aliphatic hydroxyl groups is 2. The number of ether oxygens (including phenoxy) is 3. The highest BCUT2D eigenvalue weighted by atomic mass is 16.6. The fourth-order valence-corrected chi connectivity index (χ4v) is 6.34. The van der Waals surface area contributed by atoms with Gasteiger partial charge in [-0.1, -0.05) is 52.5 Å². The van der Waals surface area contributed by atoms with Gasteiger partial charge in [0.05, 0.1) is 12.3 Å². The van der Waals surface area contributed by atoms with Crippen molar-refractivity contribution in [2.24, 2.45) is 22.7 Å². The number of hydrogen-bond acceptors (Lipinski definition) is 9. The first kappa shape index (κ1) is 30.8. The molecule has 0 amide bonds. The molecule has 1 heterocycles. The van der Waals surface area contributed by atoms with E-state index in [1.807, 2.05) is 6.92 Å². The number of ketones is 1. The van der Waals surface area contributed by atoms with E-state index in [2.05, 4.69) is 13.2 Å². The number of esters is 3. The smallest absolute Gasteiger partial charge is 0.333 e. The van der Waals surface area contributed by atoms with Gasteiger partial charge in [-0.05, 0) is 45.1 Å². The Balaban J connectivity index is 2.15. The number of rotatable bonds is 8. The number of carbonyl (C=O) groups excluding carboxylic acids is 4. The van der Waals surface area contributed by atoms with Crippen molar-refractivity contribution >= 4 is 23.7 Å². The van der Waals surface area contributed by atoms with Crippen LogP contribution in [0.1, 0.15) is 73.6 Å². The second kappa shape index (κ2) is 11.0. The van der Waals surface area contributed by atoms with E-state index in [-0.39, 0.29) is 17.9 Å². The van der Waals surface area contributed by atoms with Crippen LogP contribution in [0.5, 0.6) is 0 Å². The molecule has 0 aromatic heterocycles. The minimum Gasteiger partial charge on any atom is -0.462 e. The van der Waals surface area contributed by atoms with E-state index in [0.29, 0.717) is 30.4 Å². The molecule has 216 valence electrons. The summed E-state index contributed by atoms with van der Waals surface area (Å²) in [5, 5.41) is 22.8. The molecule has 0 aromatic carbocycles. The van der Waals surface area contributed by atoms with Crippen LogP contribution in [0, 0.1) is 22.7 Å². The fraction of sp³-hybridized carbons (Fsp3) is 0.667. The predicted molar refractivity (Wildman–Crippen MR) is 142 cm³/mol. The molecule has 0 radical (unpaired) electrons. The van der Waals surface area contributed by atoms with Gasteiger partial charge < -0.3 is 24.4 Å². The highest BCUT2D eigenvalue weighted by Gasteiger charge is 2.66. The number of cyclic esters (lactones) is 1. The van der Waals surface area contributed by atoms with Crippen molar-refractivity contribution in [2.75, 3.05) is 6.61 Å². The van der Waals surface area contributed by atoms with Crippen LogP contribution in [0.2, 0.25) is 0 Å². The number of fused-ring (bicyclic) bond motifs is 1. The number of aliphatic hydroxyl groups excluding tert-OH is 1. The summed E-state index contributed by atoms with van der Waals surface area (Å²) in [5.74, 6) is -3.36. The Morgan fingerprint density at radius 2 is 1.90 bits per heavy atom. The number of hydrogen-bond donors (Lipinski definition) is 2. The van der Waals surface area contributed by atoms with Crippen molar-refractivity contribution < 1.29 is 43.6 Å². The standard InChI is InChI=1S/C30H42O9/c1-9-16(3)26(34)38-20-12-11-18(5)29(8)24(20)28(7,19(6)23(32)25(29)33)13-21(39-27(35)17(4)10-2)30(36)14-22(31)37-15-30/h10,16,20-21,24-25,33,36H,5-6,9,11-15H2,1-4,7-8H3/b17-10+/t16?,20?,21?,24-,25+,28+,29+,30?/m0/s1. The largest absolute Gasteiger partial charge is 0.462 e. The second-order valence-corrected chi connectivity index (χ2v) is 11.9. The quantitative estimate of drug-likeness (QED) is 0.203. The van der Waals surface area contributed by atoms with Crippen molar-refractivity contribution in [3.8, 4) is 0 Å². The lowest BCUT2D eigenvalue weighted by Crippen LogP contribution is -2.65. The molecule has 9 nitrogen and oxygen atoms in total. The highest BCUT2D eigenvalue weighted by molar-refractivity contribution is 6.01. The Labute approximate surface area is 230 Å². The van der Waals surface area contributed by atoms with Crippen LogP contribution in [0.3, 0.4) is 0 Å². The first-order valence-corrected chi connectivity index (χ1v) is 13.6. The SMILES string of the molecule is C=C1CCC(OC(=O)C(C)CC)[C@@H]2[C@]1(C)[C@H](O)C(=O)C(=C)[C@@]2(C)CC(OC(=O)/C(C)=C/C)C1(O)COC(=O)C1. The van der Waals surface area contributed by atoms with Gasteiger partial charge in [0.2, 0.25) is 0 Å². The van der Waals surface area contributed by atoms with Gasteiger partial charge in [-0.25, -0.2) is 4.79 Å². The molecule has 0 bridgehead atoms. The van der Waals surface area contributed by atoms with Crippen LogP contribution in [0.4, 0.5) is 0 Å². The van der Waals surface area contributed by atoms with Gasteiger partial charge >= 0.3 is 17.9 Å². The van der Waals surface area contributed by atoms with Crippen molar-refractivity contribution in [2.45, 2.75) is 97.6 Å². The number of carbonyl (C=O) groups is 4. The first-order chi connectivity index (χ1) is 18.1. The van der Waals surface area contributed by atoms with Gasteiger partial charge in [-0.15, -0.1) is 0 Å². The van der Waals surface area contributed by atoms with Crippen LogP contribution >= 0.6 is 0 Å². The third kappa shape index (κ3) is 5.23. The van der Waals surface area contributed by atoms with E-state index >= 15 is 0 Å². The Morgan fingerprint density at radius 3 is 2.44 bits per heavy atom. The van der Waals surface area contributed by atoms with Crippen molar-refractivity contribution in [3.63, 3.8) is 0 Å². The summed E-state index contributed by atoms with van der Waals surface area (Å²) in [4.78, 5) is 51.4. The Kier molecular flexibility index (Phi) is 8.68. The first-order valence-electron chi connectivity index (χ1n) is 13.6. The zero-order chi connectivity index (χ0) is 29.5. The van der Waals surface area contributed by atoms with Crippen molar-refractivity contribution in [3.05, 3.63) is 36.0 Å². The summed E-state index contributed by atoms with van der Waals surface area (Å²) in [6.45, 7) is 18.2. The van der Waals surface area contributed by atoms with Crippen LogP contribution in [-0.2, 0) is 33.4 Å². The zero-order valence-corrected chi connectivity index (χ0v) is 23.9. The van der Waals surface area contributed by atoms with Gasteiger partial charge in [0.25, 0.3) is 0 Å². The average molecular weight is 547 g/mol. The molecule has 3 rings (SSSR count). The highest BCUT2D eigenvalue weighted by Crippen LogP contribution is 2.62. The maximum atomic E-state index is 13.5. The zero-order valence-electron chi connectivity index (χ0n) is 23.9. The predicted octanol–water partition coefficient (Wildman–Crippen LogP) is 3.37. The molecule has 0 spiro atoms. The van der Waals surface area contributed by atoms with E-state index in [0.717, 1.165) is 0 Å². The summed E-state index contributed by atoms with van der Waals surface area (Å²) < 4.78 is 16.9. The van der Waals surface area contributed by atoms with Gasteiger partial charge in [-0.2, -0.15) is 0 Å². The van der Waals surface area contributed by atoms with Crippen LogP contribution < -0.4 is 0 Å². The van der Waals surface area contributed by atoms with E-state index in [9.17, 15) is 29.4 Å². The van der Waals surface area contributed by atoms with Gasteiger partial charge in [0.1, 0.15) is 30.5 Å². The van der Waals surface area contributed by atoms with Crippen molar-refractivity contribution in [1.29, 1.82) is 0 Å². The Bertz CT molecular complexity index is 1110. The van der Waals surface area contributed by atoms with Gasteiger partial charge in [0, 0.05) is 22.3 Å². The molecule has 3 aliphatic rings. The summed E-state index contributed by atoms with van der Waals surface area (Å²) in [6, 6.07) is 0. The van der Waals surface area contributed by atoms with Crippen LogP contribution in [0.15, 0.2) is 36.0 Å². The summed E-state index contributed by atoms with van der Waals surface area (Å²) >= 11 is 0. The Hall–Kier alpha value is -2.78. The van der Waals surface area contributed by atoms with Crippen LogP contribution in [0.25, 0.3) is 0 Å². The van der Waals surface area contributed by atoms with Gasteiger partial charge in [0.15, 0.2) is 5.78 Å². The lowest BCUT2D eigenvalue weighted by molar-refractivity contribution is -0.188. The monoisotopic (exact) mass is 546 g/mol. The second-order valence-electron chi connectivity index (χ2n) is 11.9. The number of Topliss-reactive ketones (excluding diaryl/α,β-unsaturated/α-hetero) is 1. The summed E-state index contributed by atoms with van der Waals surface area (Å²) in [6.07, 6.45) is -1.00. The Morgan fingerprint density at radius 1 is 1.26 bits per heavy atom. The molecule has 9 heteroatoms. The third-order valence-corrected chi connectivity index (χ3v) is 9.43. The summed E-state index contributed by atoms with van der Waals surface area (Å²) in [7, 11) is 0. The third-order valence-electron chi connectivity index (χ3n) is 9.43. The molecule has 2 N–H and O–H groups in total. The average Bonchev–Trinajstić information content (AvgIpc) is 3.26. The lowest BCUT2D eigenvalue weighted by Gasteiger charge is -2.60. The minimum absolute atomic E-state index is 0.0643. The molecule has 3 fully saturated rings.